The number of aliphatic hydroxyl groups excluding tert-OH is 1. The highest BCUT2D eigenvalue weighted by atomic mass is 16.5. The van der Waals surface area contributed by atoms with Crippen molar-refractivity contribution in [3.63, 3.8) is 0 Å². The summed E-state index contributed by atoms with van der Waals surface area (Å²) in [6.45, 7) is 3.22. The number of nitrogens with one attached hydrogen (secondary N) is 3. The summed E-state index contributed by atoms with van der Waals surface area (Å²) in [6, 6.07) is 21.2. The number of aliphatic hydroxyl groups is 1. The summed E-state index contributed by atoms with van der Waals surface area (Å²) in [4.78, 5) is 47.6. The summed E-state index contributed by atoms with van der Waals surface area (Å²) in [6.07, 6.45) is 1.13. The number of hydrogen-bond donors (Lipinski definition) is 5. The monoisotopic (exact) mass is 606 g/mol. The first kappa shape index (κ1) is 30.9. The lowest BCUT2D eigenvalue weighted by molar-refractivity contribution is -0.117. The smallest absolute Gasteiger partial charge is 0.254 e. The Balaban J connectivity index is 1.39. The molecule has 0 saturated heterocycles. The van der Waals surface area contributed by atoms with Crippen LogP contribution < -0.4 is 26.4 Å². The van der Waals surface area contributed by atoms with Gasteiger partial charge in [0.1, 0.15) is 11.6 Å². The van der Waals surface area contributed by atoms with Crippen LogP contribution in [0.1, 0.15) is 52.2 Å². The van der Waals surface area contributed by atoms with Crippen LogP contribution in [0.5, 0.6) is 5.88 Å². The predicted molar refractivity (Wildman–Crippen MR) is 174 cm³/mol. The fraction of sp³-hybridized carbons (Fsp3) is 0.206. The molecule has 1 atom stereocenters. The number of anilines is 3. The minimum absolute atomic E-state index is 0.0322. The molecule has 5 aromatic rings. The van der Waals surface area contributed by atoms with E-state index in [2.05, 4.69) is 20.9 Å². The van der Waals surface area contributed by atoms with Crippen LogP contribution in [0.25, 0.3) is 21.8 Å². The zero-order valence-electron chi connectivity index (χ0n) is 25.2. The second-order valence-electron chi connectivity index (χ2n) is 10.6. The van der Waals surface area contributed by atoms with Crippen molar-refractivity contribution in [1.82, 2.24) is 15.3 Å². The Bertz CT molecular complexity index is 1870. The van der Waals surface area contributed by atoms with Gasteiger partial charge >= 0.3 is 0 Å². The Kier molecular flexibility index (Phi) is 9.20. The number of carbonyl (C=O) groups excluding carboxylic acids is 3. The maximum absolute atomic E-state index is 13.3. The maximum Gasteiger partial charge on any atom is 0.254 e. The first-order valence-corrected chi connectivity index (χ1v) is 14.5. The Morgan fingerprint density at radius 2 is 1.56 bits per heavy atom. The Morgan fingerprint density at radius 3 is 2.16 bits per heavy atom. The number of pyridine rings is 2. The standard InChI is InChI=1S/C34H34N6O5/c1-4-9-27-25(17-26(31(35)42)34(40-27)45-3)33(44)36-19(2)32(43)38-22-15-20(18-41)14-21(16-22)37-30-23-10-5-7-12-28(23)39-29-13-8-6-11-24(29)30/h5-8,10-17,19,41H,4,9,18H2,1-3H3,(H2,35,42)(H,36,44)(H,37,39)(H,38,43). The Hall–Kier alpha value is -5.55. The molecule has 0 saturated carbocycles. The average Bonchev–Trinajstić information content (AvgIpc) is 3.04. The molecule has 11 heteroatoms. The second kappa shape index (κ2) is 13.4. The molecule has 2 aromatic heterocycles. The van der Waals surface area contributed by atoms with E-state index in [-0.39, 0.29) is 23.6 Å². The number of carbonyl (C=O) groups is 3. The summed E-state index contributed by atoms with van der Waals surface area (Å²) in [5.74, 6) is -1.82. The number of rotatable bonds is 11. The summed E-state index contributed by atoms with van der Waals surface area (Å²) in [5.41, 5.74) is 10.1. The van der Waals surface area contributed by atoms with Crippen LogP contribution in [0.3, 0.4) is 0 Å². The molecule has 0 fully saturated rings. The number of hydrogen-bond acceptors (Lipinski definition) is 8. The van der Waals surface area contributed by atoms with Gasteiger partial charge in [0, 0.05) is 22.1 Å². The Morgan fingerprint density at radius 1 is 0.911 bits per heavy atom. The normalized spacial score (nSPS) is 11.6. The van der Waals surface area contributed by atoms with Gasteiger partial charge < -0.3 is 31.5 Å². The molecule has 0 aliphatic carbocycles. The number of ether oxygens (including phenoxy) is 1. The number of aromatic nitrogens is 2. The van der Waals surface area contributed by atoms with Crippen molar-refractivity contribution in [3.05, 3.63) is 95.2 Å². The van der Waals surface area contributed by atoms with E-state index in [1.54, 1.807) is 25.1 Å². The van der Waals surface area contributed by atoms with Gasteiger partial charge in [0.2, 0.25) is 11.8 Å². The van der Waals surface area contributed by atoms with E-state index in [4.69, 9.17) is 15.5 Å². The molecule has 0 aliphatic rings. The van der Waals surface area contributed by atoms with Crippen molar-refractivity contribution in [2.75, 3.05) is 17.7 Å². The van der Waals surface area contributed by atoms with E-state index >= 15 is 0 Å². The summed E-state index contributed by atoms with van der Waals surface area (Å²) in [7, 11) is 1.37. The van der Waals surface area contributed by atoms with E-state index < -0.39 is 23.8 Å². The summed E-state index contributed by atoms with van der Waals surface area (Å²) < 4.78 is 5.19. The zero-order chi connectivity index (χ0) is 32.1. The highest BCUT2D eigenvalue weighted by Gasteiger charge is 2.23. The number of para-hydroxylation sites is 2. The molecule has 230 valence electrons. The molecule has 3 aromatic carbocycles. The molecule has 0 bridgehead atoms. The van der Waals surface area contributed by atoms with Gasteiger partial charge in [-0.25, -0.2) is 9.97 Å². The van der Waals surface area contributed by atoms with Crippen LogP contribution in [-0.4, -0.2) is 45.9 Å². The lowest BCUT2D eigenvalue weighted by atomic mass is 10.0. The third-order valence-corrected chi connectivity index (χ3v) is 7.30. The first-order valence-electron chi connectivity index (χ1n) is 14.5. The maximum atomic E-state index is 13.3. The fourth-order valence-electron chi connectivity index (χ4n) is 5.13. The predicted octanol–water partition coefficient (Wildman–Crippen LogP) is 4.84. The highest BCUT2D eigenvalue weighted by Crippen LogP contribution is 2.34. The average molecular weight is 607 g/mol. The van der Waals surface area contributed by atoms with E-state index in [9.17, 15) is 19.5 Å². The molecule has 0 spiro atoms. The lowest BCUT2D eigenvalue weighted by Gasteiger charge is -2.18. The van der Waals surface area contributed by atoms with E-state index in [0.29, 0.717) is 35.5 Å². The third-order valence-electron chi connectivity index (χ3n) is 7.30. The van der Waals surface area contributed by atoms with Gasteiger partial charge in [0.05, 0.1) is 41.7 Å². The van der Waals surface area contributed by atoms with Crippen molar-refractivity contribution in [2.24, 2.45) is 5.73 Å². The number of aryl methyl sites for hydroxylation is 1. The SMILES string of the molecule is CCCc1nc(OC)c(C(N)=O)cc1C(=O)NC(C)C(=O)Nc1cc(CO)cc(Nc2c3ccccc3nc3ccccc23)c1. The number of amides is 3. The molecule has 5 rings (SSSR count). The molecule has 45 heavy (non-hydrogen) atoms. The molecule has 1 unspecified atom stereocenters. The quantitative estimate of drug-likeness (QED) is 0.133. The minimum atomic E-state index is -0.964. The molecule has 3 amide bonds. The first-order chi connectivity index (χ1) is 21.7. The molecule has 0 aliphatic heterocycles. The topological polar surface area (TPSA) is 169 Å². The van der Waals surface area contributed by atoms with Crippen molar-refractivity contribution in [1.29, 1.82) is 0 Å². The molecule has 11 nitrogen and oxygen atoms in total. The second-order valence-corrected chi connectivity index (χ2v) is 10.6. The molecular formula is C34H34N6O5. The van der Waals surface area contributed by atoms with E-state index in [1.807, 2.05) is 55.5 Å². The third kappa shape index (κ3) is 6.68. The molecule has 2 heterocycles. The number of nitrogens with two attached hydrogens (primary N) is 1. The van der Waals surface area contributed by atoms with E-state index in [0.717, 1.165) is 27.5 Å². The summed E-state index contributed by atoms with van der Waals surface area (Å²) in [5, 5.41) is 20.8. The lowest BCUT2D eigenvalue weighted by Crippen LogP contribution is -2.42. The number of nitrogens with zero attached hydrogens (tertiary/aromatic N) is 2. The van der Waals surface area contributed by atoms with Crippen molar-refractivity contribution < 1.29 is 24.2 Å². The van der Waals surface area contributed by atoms with Crippen LogP contribution in [0, 0.1) is 0 Å². The van der Waals surface area contributed by atoms with Gasteiger partial charge in [-0.1, -0.05) is 49.7 Å². The van der Waals surface area contributed by atoms with Gasteiger partial charge in [-0.2, -0.15) is 0 Å². The van der Waals surface area contributed by atoms with Crippen LogP contribution >= 0.6 is 0 Å². The minimum Gasteiger partial charge on any atom is -0.480 e. The van der Waals surface area contributed by atoms with Crippen LogP contribution in [0.15, 0.2) is 72.8 Å². The molecular weight excluding hydrogens is 572 g/mol. The van der Waals surface area contributed by atoms with E-state index in [1.165, 1.54) is 13.2 Å². The largest absolute Gasteiger partial charge is 0.480 e. The van der Waals surface area contributed by atoms with Gasteiger partial charge in [-0.3, -0.25) is 14.4 Å². The fourth-order valence-corrected chi connectivity index (χ4v) is 5.13. The van der Waals surface area contributed by atoms with Crippen LogP contribution in [-0.2, 0) is 17.8 Å². The number of benzene rings is 3. The Labute approximate surface area is 259 Å². The van der Waals surface area contributed by atoms with Crippen molar-refractivity contribution in [2.45, 2.75) is 39.3 Å². The van der Waals surface area contributed by atoms with Crippen molar-refractivity contribution >= 4 is 56.6 Å². The van der Waals surface area contributed by atoms with Crippen molar-refractivity contribution in [3.8, 4) is 5.88 Å². The number of fused-ring (bicyclic) bond motifs is 2. The summed E-state index contributed by atoms with van der Waals surface area (Å²) >= 11 is 0. The van der Waals surface area contributed by atoms with Crippen LogP contribution in [0.4, 0.5) is 17.1 Å². The molecule has 6 N–H and O–H groups in total. The number of methoxy groups -OCH3 is 1. The van der Waals surface area contributed by atoms with Gasteiger partial charge in [-0.05, 0) is 55.3 Å². The van der Waals surface area contributed by atoms with Gasteiger partial charge in [0.25, 0.3) is 11.8 Å². The van der Waals surface area contributed by atoms with Gasteiger partial charge in [0.15, 0.2) is 0 Å². The highest BCUT2D eigenvalue weighted by molar-refractivity contribution is 6.09. The van der Waals surface area contributed by atoms with Gasteiger partial charge in [-0.15, -0.1) is 0 Å². The van der Waals surface area contributed by atoms with Crippen LogP contribution in [0.2, 0.25) is 0 Å². The number of primary amides is 1. The zero-order valence-corrected chi connectivity index (χ0v) is 25.2. The molecule has 0 radical (unpaired) electrons.